The molecule has 74 heavy (non-hydrogen) atoms. The zero-order chi connectivity index (χ0) is 53.3. The molecule has 4 atom stereocenters. The van der Waals surface area contributed by atoms with Gasteiger partial charge in [-0.3, -0.25) is 33.6 Å². The number of aromatic nitrogens is 2. The van der Waals surface area contributed by atoms with Crippen molar-refractivity contribution in [3.63, 3.8) is 0 Å². The molecule has 0 aliphatic carbocycles. The van der Waals surface area contributed by atoms with Crippen LogP contribution >= 0.6 is 11.8 Å². The zero-order valence-corrected chi connectivity index (χ0v) is 39.7. The number of methoxy groups -OCH3 is 2. The fourth-order valence-corrected chi connectivity index (χ4v) is 9.78. The average molecular weight is 1040 g/mol. The first-order valence-corrected chi connectivity index (χ1v) is 22.6. The molecule has 0 radical (unpaired) electrons. The third-order valence-electron chi connectivity index (χ3n) is 11.5. The highest BCUT2D eigenvalue weighted by atomic mass is 32.2. The maximum atomic E-state index is 14.3. The number of para-hydroxylation sites is 2. The second-order valence-electron chi connectivity index (χ2n) is 16.7. The lowest BCUT2D eigenvalue weighted by Gasteiger charge is -2.44. The standard InChI is InChI=1S/C47H39N7O19S/c1-47(2)35(42(62)63)54-40(61)32(41(54)74-47)51-37(58)31(21-10-6-5-7-11-21)50-36(57)22-16-23(48-29(55)19-52-38(59)25-12-8-14-27(70-45(66)68-3)33(25)72-43(52)64)18-24(17-22)49-30(56)20-53-39(60)26-13-9-15-28(71-46(67)69-4)34(26)73-44(53)65/h5-18,31-32,35,41H,19-20H2,1-4H3,(H,48,55)(H,49,56)(H,50,57)(H,51,58)(H,62,63)/t31?,32-,35+,41-/m1/s1. The van der Waals surface area contributed by atoms with E-state index in [1.54, 1.807) is 32.0 Å². The molecule has 5 N–H and O–H groups in total. The Kier molecular flexibility index (Phi) is 13.9. The summed E-state index contributed by atoms with van der Waals surface area (Å²) in [6.45, 7) is 1.32. The van der Waals surface area contributed by atoms with E-state index in [9.17, 15) is 62.6 Å². The van der Waals surface area contributed by atoms with Crippen molar-refractivity contribution in [3.05, 3.63) is 138 Å². The Morgan fingerprint density at radius 1 is 0.703 bits per heavy atom. The number of thioether (sulfide) groups is 1. The van der Waals surface area contributed by atoms with Crippen LogP contribution in [0.4, 0.5) is 21.0 Å². The van der Waals surface area contributed by atoms with Crippen LogP contribution in [0.3, 0.4) is 0 Å². The van der Waals surface area contributed by atoms with Gasteiger partial charge >= 0.3 is 29.8 Å². The Hall–Kier alpha value is -9.53. The molecule has 2 aliphatic heterocycles. The predicted molar refractivity (Wildman–Crippen MR) is 256 cm³/mol. The summed E-state index contributed by atoms with van der Waals surface area (Å²) in [6.07, 6.45) is -2.37. The molecule has 2 fully saturated rings. The van der Waals surface area contributed by atoms with Crippen molar-refractivity contribution in [3.8, 4) is 11.5 Å². The lowest BCUT2D eigenvalue weighted by Crippen LogP contribution is -2.71. The largest absolute Gasteiger partial charge is 0.513 e. The first kappa shape index (κ1) is 50.8. The number of ether oxygens (including phenoxy) is 4. The van der Waals surface area contributed by atoms with Gasteiger partial charge in [-0.05, 0) is 61.9 Å². The van der Waals surface area contributed by atoms with Crippen LogP contribution in [0.25, 0.3) is 21.9 Å². The average Bonchev–Trinajstić information content (AvgIpc) is 3.63. The molecule has 2 aliphatic rings. The number of rotatable bonds is 14. The topological polar surface area (TPSA) is 349 Å². The van der Waals surface area contributed by atoms with Crippen LogP contribution in [0.1, 0.15) is 35.8 Å². The molecule has 0 spiro atoms. The summed E-state index contributed by atoms with van der Waals surface area (Å²) in [7, 11) is 2.05. The van der Waals surface area contributed by atoms with Crippen molar-refractivity contribution in [1.82, 2.24) is 24.7 Å². The summed E-state index contributed by atoms with van der Waals surface area (Å²) in [6, 6.07) is 14.7. The summed E-state index contributed by atoms with van der Waals surface area (Å²) in [5.41, 5.74) is -3.58. The van der Waals surface area contributed by atoms with E-state index in [4.69, 9.17) is 18.3 Å². The molecule has 2 saturated heterocycles. The number of nitrogens with one attached hydrogen (secondary N) is 4. The number of amides is 5. The fraction of sp³-hybridized carbons (Fsp3) is 0.234. The molecule has 8 rings (SSSR count). The molecule has 4 aromatic carbocycles. The molecule has 6 aromatic rings. The Balaban J connectivity index is 1.10. The van der Waals surface area contributed by atoms with Crippen molar-refractivity contribution >= 4 is 92.9 Å². The summed E-state index contributed by atoms with van der Waals surface area (Å²) in [4.78, 5) is 159. The van der Waals surface area contributed by atoms with Crippen LogP contribution in [0.2, 0.25) is 0 Å². The van der Waals surface area contributed by atoms with Gasteiger partial charge in [0.25, 0.3) is 17.0 Å². The highest BCUT2D eigenvalue weighted by Crippen LogP contribution is 2.51. The van der Waals surface area contributed by atoms with E-state index in [1.165, 1.54) is 65.2 Å². The molecule has 4 heterocycles. The van der Waals surface area contributed by atoms with Crippen molar-refractivity contribution in [2.45, 2.75) is 55.2 Å². The minimum absolute atomic E-state index is 0.232. The molecule has 26 nitrogen and oxygen atoms in total. The van der Waals surface area contributed by atoms with E-state index >= 15 is 0 Å². The zero-order valence-electron chi connectivity index (χ0n) is 38.9. The number of aliphatic carboxylic acids is 1. The Morgan fingerprint density at radius 3 is 1.68 bits per heavy atom. The number of carboxylic acids is 1. The summed E-state index contributed by atoms with van der Waals surface area (Å²) >= 11 is 1.18. The van der Waals surface area contributed by atoms with Crippen molar-refractivity contribution < 1.29 is 71.2 Å². The van der Waals surface area contributed by atoms with Crippen molar-refractivity contribution in [1.29, 1.82) is 0 Å². The first-order valence-electron chi connectivity index (χ1n) is 21.7. The van der Waals surface area contributed by atoms with Gasteiger partial charge in [0.05, 0.1) is 25.0 Å². The van der Waals surface area contributed by atoms with Gasteiger partial charge in [0.1, 0.15) is 36.6 Å². The summed E-state index contributed by atoms with van der Waals surface area (Å²) in [5.74, 6) is -9.26. The van der Waals surface area contributed by atoms with E-state index in [-0.39, 0.29) is 44.8 Å². The molecule has 27 heteroatoms. The Morgan fingerprint density at radius 2 is 1.20 bits per heavy atom. The van der Waals surface area contributed by atoms with E-state index in [0.29, 0.717) is 9.13 Å². The highest BCUT2D eigenvalue weighted by Gasteiger charge is 2.64. The van der Waals surface area contributed by atoms with Gasteiger partial charge in [0.15, 0.2) is 22.7 Å². The number of nitrogens with zero attached hydrogens (tertiary/aromatic N) is 3. The van der Waals surface area contributed by atoms with Gasteiger partial charge < -0.3 is 59.1 Å². The van der Waals surface area contributed by atoms with Gasteiger partial charge in [-0.1, -0.05) is 42.5 Å². The molecule has 5 amide bonds. The van der Waals surface area contributed by atoms with Crippen molar-refractivity contribution in [2.24, 2.45) is 0 Å². The summed E-state index contributed by atoms with van der Waals surface area (Å²) in [5, 5.41) is 18.6. The molecule has 0 saturated carbocycles. The number of hydrogen-bond donors (Lipinski definition) is 5. The van der Waals surface area contributed by atoms with Crippen LogP contribution in [-0.2, 0) is 46.5 Å². The van der Waals surface area contributed by atoms with Crippen molar-refractivity contribution in [2.75, 3.05) is 24.9 Å². The Labute approximate surface area is 417 Å². The lowest BCUT2D eigenvalue weighted by atomic mass is 9.95. The predicted octanol–water partition coefficient (Wildman–Crippen LogP) is 1.89. The molecular formula is C47H39N7O19S. The number of carbonyl (C=O) groups excluding carboxylic acids is 7. The van der Waals surface area contributed by atoms with E-state index in [0.717, 1.165) is 32.4 Å². The van der Waals surface area contributed by atoms with Crippen LogP contribution in [0.15, 0.2) is 113 Å². The number of β-lactam (4-membered cyclic amide) rings is 1. The van der Waals surface area contributed by atoms with Gasteiger partial charge in [-0.25, -0.2) is 33.1 Å². The van der Waals surface area contributed by atoms with Crippen LogP contribution in [0, 0.1) is 0 Å². The maximum absolute atomic E-state index is 14.3. The monoisotopic (exact) mass is 1040 g/mol. The third-order valence-corrected chi connectivity index (χ3v) is 13.0. The first-order chi connectivity index (χ1) is 35.2. The quantitative estimate of drug-likeness (QED) is 0.0591. The smallest absolute Gasteiger partial charge is 0.480 e. The van der Waals surface area contributed by atoms with Gasteiger partial charge in [-0.15, -0.1) is 11.8 Å². The molecule has 382 valence electrons. The molecular weight excluding hydrogens is 999 g/mol. The second kappa shape index (κ2) is 20.3. The van der Waals surface area contributed by atoms with E-state index < -0.39 is 123 Å². The van der Waals surface area contributed by atoms with Gasteiger partial charge in [0.2, 0.25) is 23.6 Å². The van der Waals surface area contributed by atoms with Crippen LogP contribution < -0.4 is 53.4 Å². The molecule has 0 bridgehead atoms. The molecule has 2 aromatic heterocycles. The number of anilines is 2. The number of fused-ring (bicyclic) bond motifs is 3. The maximum Gasteiger partial charge on any atom is 0.513 e. The Bertz CT molecular complexity index is 3440. The number of carboxylic acid groups (broad SMARTS) is 1. The highest BCUT2D eigenvalue weighted by molar-refractivity contribution is 8.01. The molecule has 1 unspecified atom stereocenters. The van der Waals surface area contributed by atoms with Gasteiger partial charge in [-0.2, -0.15) is 0 Å². The lowest BCUT2D eigenvalue weighted by molar-refractivity contribution is -0.161. The van der Waals surface area contributed by atoms with Crippen LogP contribution in [0.5, 0.6) is 11.5 Å². The van der Waals surface area contributed by atoms with E-state index in [1.807, 2.05) is 0 Å². The fourth-order valence-electron chi connectivity index (χ4n) is 8.15. The SMILES string of the molecule is COC(=O)Oc1cccc2c(=O)n(CC(=O)Nc3cc(NC(=O)Cn4c(=O)oc5c(OC(=O)OC)cccc5c4=O)cc(C(=O)NC(C(=O)N[C@@H]4C(=O)N5[C@@H]4SC(C)(C)[C@@H]5C(=O)O)c4ccccc4)c3)c(=O)oc12. The number of hydrogen-bond acceptors (Lipinski definition) is 19. The number of benzene rings is 4. The summed E-state index contributed by atoms with van der Waals surface area (Å²) < 4.78 is 29.3. The van der Waals surface area contributed by atoms with Crippen LogP contribution in [-0.4, -0.2) is 103 Å². The number of carbonyl (C=O) groups is 8. The normalized spacial score (nSPS) is 16.7. The third kappa shape index (κ3) is 10.0. The van der Waals surface area contributed by atoms with Gasteiger partial charge in [0, 0.05) is 21.7 Å². The van der Waals surface area contributed by atoms with E-state index in [2.05, 4.69) is 30.7 Å². The second-order valence-corrected chi connectivity index (χ2v) is 18.5. The minimum atomic E-state index is -1.52. The minimum Gasteiger partial charge on any atom is -0.480 e.